The lowest BCUT2D eigenvalue weighted by Gasteiger charge is -2.27. The summed E-state index contributed by atoms with van der Waals surface area (Å²) in [6.45, 7) is 2.69. The van der Waals surface area contributed by atoms with Crippen molar-refractivity contribution >= 4 is 5.91 Å². The van der Waals surface area contributed by atoms with Gasteiger partial charge in [-0.05, 0) is 42.8 Å². The fourth-order valence-electron chi connectivity index (χ4n) is 4.00. The van der Waals surface area contributed by atoms with Crippen molar-refractivity contribution in [1.82, 2.24) is 15.1 Å². The Morgan fingerprint density at radius 2 is 1.70 bits per heavy atom. The third-order valence-electron chi connectivity index (χ3n) is 5.43. The Balaban J connectivity index is 1.88. The third kappa shape index (κ3) is 3.16. The maximum atomic E-state index is 13.2. The van der Waals surface area contributed by atoms with E-state index in [2.05, 4.69) is 17.1 Å². The molecule has 3 aromatic rings. The van der Waals surface area contributed by atoms with Gasteiger partial charge in [-0.2, -0.15) is 5.10 Å². The molecule has 1 amide bonds. The molecule has 1 aliphatic rings. The second-order valence-electron chi connectivity index (χ2n) is 7.10. The van der Waals surface area contributed by atoms with Crippen LogP contribution in [0.25, 0.3) is 11.3 Å². The smallest absolute Gasteiger partial charge is 0.273 e. The molecule has 0 unspecified atom stereocenters. The number of aromatic nitrogens is 2. The lowest BCUT2D eigenvalue weighted by Crippen LogP contribution is -2.30. The highest BCUT2D eigenvalue weighted by atomic mass is 16.5. The van der Waals surface area contributed by atoms with E-state index in [0.29, 0.717) is 23.7 Å². The summed E-state index contributed by atoms with van der Waals surface area (Å²) in [6.07, 6.45) is 0.844. The van der Waals surface area contributed by atoms with E-state index in [4.69, 9.17) is 14.2 Å². The molecule has 4 rings (SSSR count). The van der Waals surface area contributed by atoms with Crippen LogP contribution in [-0.2, 0) is 0 Å². The van der Waals surface area contributed by atoms with Crippen molar-refractivity contribution in [1.29, 1.82) is 0 Å². The molecule has 1 aliphatic heterocycles. The molecule has 0 saturated heterocycles. The van der Waals surface area contributed by atoms with Crippen molar-refractivity contribution in [2.45, 2.75) is 19.4 Å². The molecule has 0 radical (unpaired) electrons. The first-order valence-corrected chi connectivity index (χ1v) is 9.88. The number of carbonyl (C=O) groups is 1. The molecule has 0 aliphatic carbocycles. The first-order valence-electron chi connectivity index (χ1n) is 9.88. The number of methoxy groups -OCH3 is 3. The van der Waals surface area contributed by atoms with E-state index < -0.39 is 0 Å². The molecule has 0 saturated carbocycles. The van der Waals surface area contributed by atoms with Crippen LogP contribution in [0.2, 0.25) is 0 Å². The van der Waals surface area contributed by atoms with E-state index in [0.717, 1.165) is 34.6 Å². The zero-order valence-corrected chi connectivity index (χ0v) is 17.6. The molecule has 2 aromatic carbocycles. The first kappa shape index (κ1) is 19.8. The van der Waals surface area contributed by atoms with Crippen LogP contribution >= 0.6 is 0 Å². The molecule has 2 heterocycles. The number of nitrogens with one attached hydrogen (secondary N) is 1. The number of benzene rings is 2. The molecular formula is C23H25N3O4. The number of aromatic amines is 1. The highest BCUT2D eigenvalue weighted by Crippen LogP contribution is 2.46. The molecule has 1 aromatic heterocycles. The van der Waals surface area contributed by atoms with Crippen LogP contribution in [0.15, 0.2) is 42.5 Å². The van der Waals surface area contributed by atoms with Gasteiger partial charge in [-0.25, -0.2) is 0 Å². The molecule has 7 nitrogen and oxygen atoms in total. The maximum absolute atomic E-state index is 13.2. The Morgan fingerprint density at radius 3 is 2.33 bits per heavy atom. The van der Waals surface area contributed by atoms with Crippen molar-refractivity contribution in [2.75, 3.05) is 27.9 Å². The van der Waals surface area contributed by atoms with Crippen molar-refractivity contribution in [3.8, 4) is 28.5 Å². The summed E-state index contributed by atoms with van der Waals surface area (Å²) in [5.74, 6) is 2.08. The lowest BCUT2D eigenvalue weighted by molar-refractivity contribution is 0.0742. The fraction of sp³-hybridized carbons (Fsp3) is 0.304. The summed E-state index contributed by atoms with van der Waals surface area (Å²) in [6, 6.07) is 13.1. The quantitative estimate of drug-likeness (QED) is 0.639. The first-order chi connectivity index (χ1) is 14.6. The number of ether oxygens (including phenoxy) is 3. The Morgan fingerprint density at radius 1 is 1.00 bits per heavy atom. The summed E-state index contributed by atoms with van der Waals surface area (Å²) < 4.78 is 16.3. The standard InChI is InChI=1S/C23H25N3O4/c1-5-12-26-22(17-11-10-16(29-3)13-18(17)30-4)19-20(24-25-21(19)23(26)27)14-6-8-15(28-2)9-7-14/h6-11,13,22H,5,12H2,1-4H3,(H,24,25)/t22-/m1/s1. The van der Waals surface area contributed by atoms with Gasteiger partial charge in [0, 0.05) is 29.3 Å². The normalized spacial score (nSPS) is 15.3. The van der Waals surface area contributed by atoms with E-state index in [1.165, 1.54) is 0 Å². The summed E-state index contributed by atoms with van der Waals surface area (Å²) in [7, 11) is 4.88. The second kappa shape index (κ2) is 8.10. The predicted molar refractivity (Wildman–Crippen MR) is 113 cm³/mol. The minimum atomic E-state index is -0.302. The molecule has 1 N–H and O–H groups in total. The summed E-state index contributed by atoms with van der Waals surface area (Å²) in [5, 5.41) is 7.47. The number of H-pyrrole nitrogens is 1. The highest BCUT2D eigenvalue weighted by molar-refractivity contribution is 6.00. The number of carbonyl (C=O) groups excluding carboxylic acids is 1. The molecule has 0 spiro atoms. The molecule has 156 valence electrons. The van der Waals surface area contributed by atoms with Crippen LogP contribution in [0.4, 0.5) is 0 Å². The molecule has 1 atom stereocenters. The Hall–Kier alpha value is -3.48. The molecular weight excluding hydrogens is 382 g/mol. The van der Waals surface area contributed by atoms with Gasteiger partial charge >= 0.3 is 0 Å². The van der Waals surface area contributed by atoms with Gasteiger partial charge in [-0.15, -0.1) is 0 Å². The number of rotatable bonds is 7. The number of hydrogen-bond donors (Lipinski definition) is 1. The second-order valence-corrected chi connectivity index (χ2v) is 7.10. The van der Waals surface area contributed by atoms with Crippen LogP contribution in [-0.4, -0.2) is 48.9 Å². The van der Waals surface area contributed by atoms with Crippen LogP contribution in [0, 0.1) is 0 Å². The zero-order chi connectivity index (χ0) is 21.3. The zero-order valence-electron chi connectivity index (χ0n) is 17.6. The minimum absolute atomic E-state index is 0.0537. The van der Waals surface area contributed by atoms with Gasteiger partial charge in [0.1, 0.15) is 22.9 Å². The number of amides is 1. The minimum Gasteiger partial charge on any atom is -0.497 e. The summed E-state index contributed by atoms with van der Waals surface area (Å²) in [4.78, 5) is 15.1. The average molecular weight is 407 g/mol. The van der Waals surface area contributed by atoms with Gasteiger partial charge in [-0.1, -0.05) is 6.92 Å². The third-order valence-corrected chi connectivity index (χ3v) is 5.43. The fourth-order valence-corrected chi connectivity index (χ4v) is 4.00. The van der Waals surface area contributed by atoms with Crippen molar-refractivity contribution < 1.29 is 19.0 Å². The van der Waals surface area contributed by atoms with E-state index in [9.17, 15) is 4.79 Å². The van der Waals surface area contributed by atoms with E-state index in [1.54, 1.807) is 21.3 Å². The maximum Gasteiger partial charge on any atom is 0.273 e. The van der Waals surface area contributed by atoms with Gasteiger partial charge in [0.15, 0.2) is 0 Å². The average Bonchev–Trinajstić information content (AvgIpc) is 3.33. The van der Waals surface area contributed by atoms with Crippen LogP contribution in [0.3, 0.4) is 0 Å². The highest BCUT2D eigenvalue weighted by Gasteiger charge is 2.42. The molecule has 0 fully saturated rings. The Bertz CT molecular complexity index is 1060. The number of fused-ring (bicyclic) bond motifs is 1. The van der Waals surface area contributed by atoms with Gasteiger partial charge < -0.3 is 19.1 Å². The molecule has 7 heteroatoms. The molecule has 30 heavy (non-hydrogen) atoms. The van der Waals surface area contributed by atoms with Crippen molar-refractivity contribution in [3.05, 3.63) is 59.3 Å². The van der Waals surface area contributed by atoms with Gasteiger partial charge in [0.05, 0.1) is 33.1 Å². The molecule has 0 bridgehead atoms. The predicted octanol–water partition coefficient (Wildman–Crippen LogP) is 4.06. The van der Waals surface area contributed by atoms with Crippen molar-refractivity contribution in [3.63, 3.8) is 0 Å². The summed E-state index contributed by atoms with van der Waals surface area (Å²) >= 11 is 0. The number of hydrogen-bond acceptors (Lipinski definition) is 5. The van der Waals surface area contributed by atoms with Crippen molar-refractivity contribution in [2.24, 2.45) is 0 Å². The van der Waals surface area contributed by atoms with Crippen LogP contribution in [0.1, 0.15) is 41.0 Å². The van der Waals surface area contributed by atoms with Gasteiger partial charge in [-0.3, -0.25) is 9.89 Å². The largest absolute Gasteiger partial charge is 0.497 e. The van der Waals surface area contributed by atoms with E-state index in [-0.39, 0.29) is 11.9 Å². The Kier molecular flexibility index (Phi) is 5.35. The Labute approximate surface area is 175 Å². The summed E-state index contributed by atoms with van der Waals surface area (Å²) in [5.41, 5.74) is 3.95. The lowest BCUT2D eigenvalue weighted by atomic mass is 9.95. The van der Waals surface area contributed by atoms with Gasteiger partial charge in [0.2, 0.25) is 0 Å². The van der Waals surface area contributed by atoms with E-state index in [1.807, 2.05) is 47.4 Å². The van der Waals surface area contributed by atoms with Crippen LogP contribution < -0.4 is 14.2 Å². The SMILES string of the molecule is CCCN1C(=O)c2[nH]nc(-c3ccc(OC)cc3)c2[C@H]1c1ccc(OC)cc1OC. The topological polar surface area (TPSA) is 76.7 Å². The monoisotopic (exact) mass is 407 g/mol. The van der Waals surface area contributed by atoms with Gasteiger partial charge in [0.25, 0.3) is 5.91 Å². The number of nitrogens with zero attached hydrogens (tertiary/aromatic N) is 2. The van der Waals surface area contributed by atoms with E-state index >= 15 is 0 Å². The van der Waals surface area contributed by atoms with Crippen LogP contribution in [0.5, 0.6) is 17.2 Å².